The van der Waals surface area contributed by atoms with E-state index in [2.05, 4.69) is 67.8 Å². The van der Waals surface area contributed by atoms with Gasteiger partial charge in [-0.05, 0) is 70.6 Å². The molecule has 7 atom stereocenters. The molecular weight excluding hydrogens is 899 g/mol. The van der Waals surface area contributed by atoms with Crippen molar-refractivity contribution < 1.29 is 39.8 Å². The molecule has 0 aromatic carbocycles. The predicted octanol–water partition coefficient (Wildman–Crippen LogP) is 15.5. The molecule has 0 aromatic heterocycles. The number of unbranched alkanes of at least 4 members (excludes halogenated alkanes) is 34. The molecule has 0 radical (unpaired) electrons. The van der Waals surface area contributed by atoms with Crippen molar-refractivity contribution in [3.63, 3.8) is 0 Å². The number of carbonyl (C=O) groups is 1. The van der Waals surface area contributed by atoms with Crippen molar-refractivity contribution >= 4 is 5.91 Å². The molecule has 1 heterocycles. The third-order valence-electron chi connectivity index (χ3n) is 14.3. The molecule has 420 valence electrons. The minimum atomic E-state index is -1.57. The van der Waals surface area contributed by atoms with Gasteiger partial charge >= 0.3 is 0 Å². The average molecular weight is 1010 g/mol. The third kappa shape index (κ3) is 41.2. The molecule has 7 unspecified atom stereocenters. The van der Waals surface area contributed by atoms with Crippen LogP contribution >= 0.6 is 0 Å². The van der Waals surface area contributed by atoms with Gasteiger partial charge in [0.05, 0.1) is 25.4 Å². The van der Waals surface area contributed by atoms with Gasteiger partial charge in [0, 0.05) is 6.42 Å². The Labute approximate surface area is 443 Å². The van der Waals surface area contributed by atoms with Crippen LogP contribution in [0.5, 0.6) is 0 Å². The number of amides is 1. The van der Waals surface area contributed by atoms with E-state index in [1.807, 2.05) is 6.08 Å². The fraction of sp³-hybridized carbons (Fsp3) is 0.825. The van der Waals surface area contributed by atoms with Crippen molar-refractivity contribution in [2.75, 3.05) is 13.2 Å². The number of aliphatic hydroxyl groups excluding tert-OH is 5. The lowest BCUT2D eigenvalue weighted by molar-refractivity contribution is -0.302. The smallest absolute Gasteiger partial charge is 0.220 e. The maximum absolute atomic E-state index is 13.0. The number of allylic oxidation sites excluding steroid dienone is 9. The van der Waals surface area contributed by atoms with Crippen LogP contribution in [-0.2, 0) is 14.3 Å². The van der Waals surface area contributed by atoms with Crippen LogP contribution in [0.3, 0.4) is 0 Å². The van der Waals surface area contributed by atoms with Crippen molar-refractivity contribution in [2.45, 2.75) is 320 Å². The molecule has 1 aliphatic rings. The SMILES string of the molecule is CCCCCCC/C=C\C/C=C\C/C=C\CCCCCCCCCCCCCCCCCCCCCCC(=O)NC(COC1OC(CO)C(O)C(O)C1O)C(O)/C=C/CC/C=C/CCCCCCCCCC. The zero-order valence-electron chi connectivity index (χ0n) is 46.7. The number of hydrogen-bond acceptors (Lipinski definition) is 8. The van der Waals surface area contributed by atoms with Crippen LogP contribution in [0.1, 0.15) is 277 Å². The first-order valence-electron chi connectivity index (χ1n) is 30.5. The van der Waals surface area contributed by atoms with E-state index in [4.69, 9.17) is 9.47 Å². The lowest BCUT2D eigenvalue weighted by atomic mass is 9.99. The summed E-state index contributed by atoms with van der Waals surface area (Å²) in [6.45, 7) is 3.75. The van der Waals surface area contributed by atoms with Crippen molar-refractivity contribution in [2.24, 2.45) is 0 Å². The highest BCUT2D eigenvalue weighted by atomic mass is 16.7. The summed E-state index contributed by atoms with van der Waals surface area (Å²) in [6, 6.07) is -0.821. The van der Waals surface area contributed by atoms with Crippen LogP contribution < -0.4 is 5.32 Å². The van der Waals surface area contributed by atoms with Crippen LogP contribution in [-0.4, -0.2) is 87.5 Å². The van der Waals surface area contributed by atoms with E-state index < -0.39 is 49.5 Å². The average Bonchev–Trinajstić information content (AvgIpc) is 3.38. The first-order valence-corrected chi connectivity index (χ1v) is 30.5. The Morgan fingerprint density at radius 1 is 0.472 bits per heavy atom. The molecule has 0 spiro atoms. The molecule has 72 heavy (non-hydrogen) atoms. The molecule has 9 nitrogen and oxygen atoms in total. The summed E-state index contributed by atoms with van der Waals surface area (Å²) in [5.41, 5.74) is 0. The van der Waals surface area contributed by atoms with Gasteiger partial charge in [-0.15, -0.1) is 0 Å². The zero-order valence-corrected chi connectivity index (χ0v) is 46.7. The van der Waals surface area contributed by atoms with E-state index in [-0.39, 0.29) is 12.5 Å². The molecule has 1 fully saturated rings. The Balaban J connectivity index is 2.11. The number of aliphatic hydroxyl groups is 5. The van der Waals surface area contributed by atoms with Gasteiger partial charge in [0.15, 0.2) is 6.29 Å². The molecule has 1 aliphatic heterocycles. The van der Waals surface area contributed by atoms with Gasteiger partial charge in [-0.2, -0.15) is 0 Å². The normalized spacial score (nSPS) is 19.6. The first kappa shape index (κ1) is 67.9. The van der Waals surface area contributed by atoms with Gasteiger partial charge in [0.1, 0.15) is 24.4 Å². The van der Waals surface area contributed by atoms with Crippen LogP contribution in [0.4, 0.5) is 0 Å². The quantitative estimate of drug-likeness (QED) is 0.0261. The van der Waals surface area contributed by atoms with Gasteiger partial charge in [0.25, 0.3) is 0 Å². The summed E-state index contributed by atoms with van der Waals surface area (Å²) in [4.78, 5) is 13.0. The number of ether oxygens (including phenoxy) is 2. The van der Waals surface area contributed by atoms with E-state index in [9.17, 15) is 30.3 Å². The summed E-state index contributed by atoms with van der Waals surface area (Å²) in [6.07, 6.45) is 64.5. The summed E-state index contributed by atoms with van der Waals surface area (Å²) in [5, 5.41) is 54.4. The second-order valence-electron chi connectivity index (χ2n) is 21.1. The minimum absolute atomic E-state index is 0.185. The van der Waals surface area contributed by atoms with E-state index in [1.165, 1.54) is 205 Å². The number of rotatable bonds is 52. The standard InChI is InChI=1S/C63H115NO8/c1-3-5-7-9-11-13-15-17-19-20-21-22-23-24-25-26-27-28-29-30-31-32-33-34-35-36-37-38-39-41-43-45-47-49-51-53-59(67)64-56(55-71-63-62(70)61(69)60(68)58(54-65)72-63)57(66)52-50-48-46-44-42-40-18-16-14-12-10-8-6-4-2/h15,17,20-21,23-24,42,44,50,52,56-58,60-63,65-66,68-70H,3-14,16,18-19,22,25-41,43,45-49,51,53-55H2,1-2H3,(H,64,67)/b17-15-,21-20-,24-23-,44-42+,52-50+. The van der Waals surface area contributed by atoms with Crippen molar-refractivity contribution in [3.05, 3.63) is 60.8 Å². The molecule has 0 bridgehead atoms. The lowest BCUT2D eigenvalue weighted by Crippen LogP contribution is -2.60. The van der Waals surface area contributed by atoms with Crippen molar-refractivity contribution in [3.8, 4) is 0 Å². The van der Waals surface area contributed by atoms with Crippen LogP contribution in [0.15, 0.2) is 60.8 Å². The maximum atomic E-state index is 13.0. The van der Waals surface area contributed by atoms with Crippen LogP contribution in [0, 0.1) is 0 Å². The first-order chi connectivity index (χ1) is 35.3. The summed E-state index contributed by atoms with van der Waals surface area (Å²) >= 11 is 0. The van der Waals surface area contributed by atoms with Gasteiger partial charge in [-0.3, -0.25) is 4.79 Å². The monoisotopic (exact) mass is 1010 g/mol. The molecule has 1 saturated heterocycles. The lowest BCUT2D eigenvalue weighted by Gasteiger charge is -2.40. The van der Waals surface area contributed by atoms with Gasteiger partial charge in [0.2, 0.25) is 5.91 Å². The number of carbonyl (C=O) groups excluding carboxylic acids is 1. The van der Waals surface area contributed by atoms with E-state index >= 15 is 0 Å². The molecule has 9 heteroatoms. The fourth-order valence-corrected chi connectivity index (χ4v) is 9.48. The highest BCUT2D eigenvalue weighted by Gasteiger charge is 2.44. The van der Waals surface area contributed by atoms with Crippen molar-refractivity contribution in [1.29, 1.82) is 0 Å². The Morgan fingerprint density at radius 3 is 1.26 bits per heavy atom. The van der Waals surface area contributed by atoms with E-state index in [0.717, 1.165) is 51.4 Å². The molecule has 6 N–H and O–H groups in total. The molecule has 0 aromatic rings. The largest absolute Gasteiger partial charge is 0.394 e. The molecule has 1 amide bonds. The second kappa shape index (κ2) is 52.3. The topological polar surface area (TPSA) is 149 Å². The Bertz CT molecular complexity index is 1310. The third-order valence-corrected chi connectivity index (χ3v) is 14.3. The summed E-state index contributed by atoms with van der Waals surface area (Å²) in [7, 11) is 0. The van der Waals surface area contributed by atoms with Gasteiger partial charge in [-0.25, -0.2) is 0 Å². The predicted molar refractivity (Wildman–Crippen MR) is 304 cm³/mol. The Morgan fingerprint density at radius 2 is 0.833 bits per heavy atom. The zero-order chi connectivity index (χ0) is 52.2. The number of nitrogens with one attached hydrogen (secondary N) is 1. The number of hydrogen-bond donors (Lipinski definition) is 6. The van der Waals surface area contributed by atoms with E-state index in [1.54, 1.807) is 6.08 Å². The highest BCUT2D eigenvalue weighted by molar-refractivity contribution is 5.76. The van der Waals surface area contributed by atoms with Crippen LogP contribution in [0.2, 0.25) is 0 Å². The minimum Gasteiger partial charge on any atom is -0.394 e. The van der Waals surface area contributed by atoms with E-state index in [0.29, 0.717) is 6.42 Å². The molecule has 0 saturated carbocycles. The molecular formula is C63H115NO8. The fourth-order valence-electron chi connectivity index (χ4n) is 9.48. The molecule has 0 aliphatic carbocycles. The Kier molecular flexibility index (Phi) is 49.4. The highest BCUT2D eigenvalue weighted by Crippen LogP contribution is 2.23. The summed E-state index contributed by atoms with van der Waals surface area (Å²) in [5.74, 6) is -0.185. The van der Waals surface area contributed by atoms with Gasteiger partial charge in [-0.1, -0.05) is 261 Å². The second-order valence-corrected chi connectivity index (χ2v) is 21.1. The van der Waals surface area contributed by atoms with Crippen molar-refractivity contribution in [1.82, 2.24) is 5.32 Å². The molecule has 1 rings (SSSR count). The Hall–Kier alpha value is -2.11. The maximum Gasteiger partial charge on any atom is 0.220 e. The van der Waals surface area contributed by atoms with Gasteiger partial charge < -0.3 is 40.3 Å². The van der Waals surface area contributed by atoms with Crippen LogP contribution in [0.25, 0.3) is 0 Å². The summed E-state index contributed by atoms with van der Waals surface area (Å²) < 4.78 is 11.2.